The van der Waals surface area contributed by atoms with Gasteiger partial charge in [0, 0.05) is 11.4 Å². The maximum atomic E-state index is 13.8. The van der Waals surface area contributed by atoms with Gasteiger partial charge in [-0.15, -0.1) is 0 Å². The SMILES string of the molecule is Cc1ccc(C(C(=O)Nc2c(C)cccc2C)N(CC#N)C(=O)C(CS)NC(=O)OC(C)(C)C)cc1C. The Hall–Kier alpha value is -3.51. The summed E-state index contributed by atoms with van der Waals surface area (Å²) in [7, 11) is 0. The summed E-state index contributed by atoms with van der Waals surface area (Å²) in [5.41, 5.74) is 4.11. The molecule has 2 aromatic carbocycles. The number of hydrogen-bond acceptors (Lipinski definition) is 6. The van der Waals surface area contributed by atoms with E-state index in [1.807, 2.05) is 64.1 Å². The summed E-state index contributed by atoms with van der Waals surface area (Å²) in [6.45, 7) is 12.4. The highest BCUT2D eigenvalue weighted by Gasteiger charge is 2.36. The zero-order valence-corrected chi connectivity index (χ0v) is 23.4. The molecule has 2 unspecified atom stereocenters. The summed E-state index contributed by atoms with van der Waals surface area (Å²) < 4.78 is 5.29. The molecule has 8 nitrogen and oxygen atoms in total. The maximum Gasteiger partial charge on any atom is 0.408 e. The van der Waals surface area contributed by atoms with Crippen molar-refractivity contribution in [2.24, 2.45) is 0 Å². The number of para-hydroxylation sites is 1. The van der Waals surface area contributed by atoms with Gasteiger partial charge >= 0.3 is 6.09 Å². The number of benzene rings is 2. The van der Waals surface area contributed by atoms with Gasteiger partial charge in [0.15, 0.2) is 0 Å². The van der Waals surface area contributed by atoms with Crippen molar-refractivity contribution < 1.29 is 19.1 Å². The third-order valence-electron chi connectivity index (χ3n) is 5.83. The van der Waals surface area contributed by atoms with E-state index < -0.39 is 35.6 Å². The highest BCUT2D eigenvalue weighted by atomic mass is 32.1. The Morgan fingerprint density at radius 2 is 1.65 bits per heavy atom. The van der Waals surface area contributed by atoms with Crippen molar-refractivity contribution in [3.8, 4) is 6.07 Å². The van der Waals surface area contributed by atoms with Crippen molar-refractivity contribution >= 4 is 36.2 Å². The van der Waals surface area contributed by atoms with Crippen LogP contribution in [0.3, 0.4) is 0 Å². The van der Waals surface area contributed by atoms with Crippen LogP contribution in [0, 0.1) is 39.0 Å². The Morgan fingerprint density at radius 1 is 1.03 bits per heavy atom. The number of anilines is 1. The van der Waals surface area contributed by atoms with Crippen LogP contribution in [-0.2, 0) is 14.3 Å². The Labute approximate surface area is 224 Å². The number of thiol groups is 1. The number of alkyl carbamates (subject to hydrolysis) is 1. The molecule has 2 aromatic rings. The van der Waals surface area contributed by atoms with Crippen molar-refractivity contribution in [1.82, 2.24) is 10.2 Å². The molecule has 2 rings (SSSR count). The van der Waals surface area contributed by atoms with Gasteiger partial charge in [0.05, 0.1) is 6.07 Å². The Balaban J connectivity index is 2.53. The van der Waals surface area contributed by atoms with Gasteiger partial charge in [0.2, 0.25) is 5.91 Å². The van der Waals surface area contributed by atoms with Crippen LogP contribution in [0.15, 0.2) is 36.4 Å². The Bertz CT molecular complexity index is 1180. The molecule has 9 heteroatoms. The maximum absolute atomic E-state index is 13.8. The van der Waals surface area contributed by atoms with Gasteiger partial charge in [-0.1, -0.05) is 36.4 Å². The smallest absolute Gasteiger partial charge is 0.408 e. The van der Waals surface area contributed by atoms with Crippen molar-refractivity contribution in [2.75, 3.05) is 17.6 Å². The van der Waals surface area contributed by atoms with E-state index in [1.165, 1.54) is 4.90 Å². The standard InChI is InChI=1S/C28H36N4O4S/c1-17-11-12-21(15-20(17)4)24(25(33)31-23-18(2)9-8-10-19(23)3)32(14-13-29)26(34)22(16-37)30-27(35)36-28(5,6)7/h8-12,15,22,24,37H,14,16H2,1-7H3,(H,30,35)(H,31,33). The highest BCUT2D eigenvalue weighted by molar-refractivity contribution is 7.80. The third-order valence-corrected chi connectivity index (χ3v) is 6.20. The first-order valence-electron chi connectivity index (χ1n) is 12.0. The van der Waals surface area contributed by atoms with Crippen LogP contribution in [0.25, 0.3) is 0 Å². The number of amides is 3. The van der Waals surface area contributed by atoms with Crippen molar-refractivity contribution in [1.29, 1.82) is 5.26 Å². The first kappa shape index (κ1) is 29.7. The lowest BCUT2D eigenvalue weighted by molar-refractivity contribution is -0.139. The second-order valence-corrected chi connectivity index (χ2v) is 10.4. The number of carbonyl (C=O) groups is 3. The lowest BCUT2D eigenvalue weighted by Crippen LogP contribution is -2.53. The fourth-order valence-corrected chi connectivity index (χ4v) is 4.07. The summed E-state index contributed by atoms with van der Waals surface area (Å²) in [6, 6.07) is 10.9. The average molecular weight is 525 g/mol. The van der Waals surface area contributed by atoms with E-state index >= 15 is 0 Å². The molecule has 0 saturated heterocycles. The van der Waals surface area contributed by atoms with Gasteiger partial charge in [-0.3, -0.25) is 9.59 Å². The van der Waals surface area contributed by atoms with Crippen molar-refractivity contribution in [2.45, 2.75) is 66.2 Å². The van der Waals surface area contributed by atoms with Crippen LogP contribution in [0.4, 0.5) is 10.5 Å². The molecule has 198 valence electrons. The van der Waals surface area contributed by atoms with Crippen molar-refractivity contribution in [3.05, 3.63) is 64.2 Å². The molecule has 0 saturated carbocycles. The number of ether oxygens (including phenoxy) is 1. The first-order chi connectivity index (χ1) is 17.3. The minimum atomic E-state index is -1.13. The van der Waals surface area contributed by atoms with E-state index in [1.54, 1.807) is 26.8 Å². The van der Waals surface area contributed by atoms with Gasteiger partial charge in [-0.05, 0) is 76.3 Å². The quantitative estimate of drug-likeness (QED) is 0.340. The largest absolute Gasteiger partial charge is 0.444 e. The first-order valence-corrected chi connectivity index (χ1v) is 12.6. The van der Waals surface area contributed by atoms with E-state index in [9.17, 15) is 19.6 Å². The summed E-state index contributed by atoms with van der Waals surface area (Å²) in [5.74, 6) is -1.15. The van der Waals surface area contributed by atoms with Crippen LogP contribution in [-0.4, -0.2) is 46.7 Å². The lowest BCUT2D eigenvalue weighted by Gasteiger charge is -2.33. The average Bonchev–Trinajstić information content (AvgIpc) is 2.80. The van der Waals surface area contributed by atoms with Gasteiger partial charge in [-0.2, -0.15) is 17.9 Å². The number of carbonyl (C=O) groups excluding carboxylic acids is 3. The van der Waals surface area contributed by atoms with Crippen LogP contribution < -0.4 is 10.6 Å². The topological polar surface area (TPSA) is 112 Å². The monoisotopic (exact) mass is 524 g/mol. The van der Waals surface area contributed by atoms with Gasteiger partial charge < -0.3 is 20.3 Å². The van der Waals surface area contributed by atoms with E-state index in [4.69, 9.17) is 4.74 Å². The Kier molecular flexibility index (Phi) is 10.2. The molecule has 37 heavy (non-hydrogen) atoms. The molecule has 0 aliphatic heterocycles. The predicted molar refractivity (Wildman–Crippen MR) is 148 cm³/mol. The van der Waals surface area contributed by atoms with Gasteiger partial charge in [0.25, 0.3) is 5.91 Å². The molecule has 3 amide bonds. The molecular weight excluding hydrogens is 488 g/mol. The highest BCUT2D eigenvalue weighted by Crippen LogP contribution is 2.28. The molecule has 0 aliphatic carbocycles. The molecule has 0 aliphatic rings. The number of rotatable bonds is 8. The third kappa shape index (κ3) is 7.99. The van der Waals surface area contributed by atoms with Gasteiger partial charge in [-0.25, -0.2) is 4.79 Å². The predicted octanol–water partition coefficient (Wildman–Crippen LogP) is 4.78. The van der Waals surface area contributed by atoms with Crippen LogP contribution >= 0.6 is 12.6 Å². The van der Waals surface area contributed by atoms with Crippen LogP contribution in [0.5, 0.6) is 0 Å². The number of nitrogens with zero attached hydrogens (tertiary/aromatic N) is 2. The second kappa shape index (κ2) is 12.6. The number of nitriles is 1. The molecule has 2 N–H and O–H groups in total. The molecule has 0 aromatic heterocycles. The fraction of sp³-hybridized carbons (Fsp3) is 0.429. The van der Waals surface area contributed by atoms with E-state index in [0.717, 1.165) is 22.3 Å². The Morgan fingerprint density at radius 3 is 2.16 bits per heavy atom. The minimum absolute atomic E-state index is 0.0574. The molecule has 0 heterocycles. The summed E-state index contributed by atoms with van der Waals surface area (Å²) in [5, 5.41) is 15.1. The van der Waals surface area contributed by atoms with Crippen LogP contribution in [0.2, 0.25) is 0 Å². The summed E-state index contributed by atoms with van der Waals surface area (Å²) >= 11 is 4.25. The molecule has 0 bridgehead atoms. The molecule has 0 spiro atoms. The zero-order chi connectivity index (χ0) is 27.9. The molecule has 0 fully saturated rings. The van der Waals surface area contributed by atoms with E-state index in [-0.39, 0.29) is 12.3 Å². The molecule has 0 radical (unpaired) electrons. The van der Waals surface area contributed by atoms with Crippen molar-refractivity contribution in [3.63, 3.8) is 0 Å². The normalized spacial score (nSPS) is 12.6. The number of nitrogens with one attached hydrogen (secondary N) is 2. The second-order valence-electron chi connectivity index (χ2n) is 10.0. The van der Waals surface area contributed by atoms with E-state index in [2.05, 4.69) is 23.3 Å². The molecule has 2 atom stereocenters. The van der Waals surface area contributed by atoms with Crippen LogP contribution in [0.1, 0.15) is 54.6 Å². The summed E-state index contributed by atoms with van der Waals surface area (Å²) in [6.07, 6.45) is -0.792. The lowest BCUT2D eigenvalue weighted by atomic mass is 9.98. The zero-order valence-electron chi connectivity index (χ0n) is 22.5. The summed E-state index contributed by atoms with van der Waals surface area (Å²) in [4.78, 5) is 41.1. The number of hydrogen-bond donors (Lipinski definition) is 3. The number of aryl methyl sites for hydroxylation is 4. The van der Waals surface area contributed by atoms with Gasteiger partial charge in [0.1, 0.15) is 24.2 Å². The fourth-order valence-electron chi connectivity index (χ4n) is 3.82. The minimum Gasteiger partial charge on any atom is -0.444 e. The molecular formula is C28H36N4O4S. The van der Waals surface area contributed by atoms with E-state index in [0.29, 0.717) is 11.3 Å².